The van der Waals surface area contributed by atoms with E-state index in [1.807, 2.05) is 11.3 Å². The van der Waals surface area contributed by atoms with Crippen molar-refractivity contribution in [1.29, 1.82) is 0 Å². The summed E-state index contributed by atoms with van der Waals surface area (Å²) in [6.45, 7) is 14.0. The highest BCUT2D eigenvalue weighted by Crippen LogP contribution is 2.36. The Morgan fingerprint density at radius 1 is 1.29 bits per heavy atom. The molecule has 1 rings (SSSR count). The number of aromatic nitrogens is 1. The van der Waals surface area contributed by atoms with Gasteiger partial charge in [-0.05, 0) is 34.6 Å². The fraction of sp³-hybridized carbons (Fsp3) is 0.700. The van der Waals surface area contributed by atoms with Crippen LogP contribution in [0.15, 0.2) is 0 Å². The number of rotatable bonds is 1. The van der Waals surface area contributed by atoms with Crippen LogP contribution in [-0.4, -0.2) is 13.1 Å². The molecule has 1 heterocycles. The molecule has 14 heavy (non-hydrogen) atoms. The molecule has 0 bridgehead atoms. The maximum atomic E-state index is 4.72. The van der Waals surface area contributed by atoms with Crippen molar-refractivity contribution >= 4 is 46.6 Å². The van der Waals surface area contributed by atoms with E-state index in [1.165, 1.54) is 13.2 Å². The van der Waals surface area contributed by atoms with Crippen molar-refractivity contribution in [2.75, 3.05) is 0 Å². The first kappa shape index (κ1) is 12.6. The van der Waals surface area contributed by atoms with Crippen LogP contribution in [0.25, 0.3) is 0 Å². The molecule has 0 aliphatic carbocycles. The maximum Gasteiger partial charge on any atom is 0.123 e. The third kappa shape index (κ3) is 2.22. The molecule has 0 aliphatic rings. The molecule has 1 aromatic heterocycles. The van der Waals surface area contributed by atoms with E-state index in [-0.39, 0.29) is 0 Å². The summed E-state index contributed by atoms with van der Waals surface area (Å²) in [6.07, 6.45) is 0. The highest BCUT2D eigenvalue weighted by atomic mass is 127. The fourth-order valence-corrected chi connectivity index (χ4v) is 5.92. The highest BCUT2D eigenvalue weighted by Gasteiger charge is 2.39. The lowest BCUT2D eigenvalue weighted by Crippen LogP contribution is -2.49. The molecule has 0 aliphatic heterocycles. The van der Waals surface area contributed by atoms with Gasteiger partial charge in [0.2, 0.25) is 0 Å². The molecule has 0 unspecified atom stereocenters. The Bertz CT molecular complexity index is 319. The second-order valence-electron chi connectivity index (χ2n) is 5.24. The zero-order chi connectivity index (χ0) is 11.1. The zero-order valence-corrected chi connectivity index (χ0v) is 13.7. The molecule has 1 aromatic rings. The van der Waals surface area contributed by atoms with Crippen molar-refractivity contribution in [3.8, 4) is 0 Å². The third-order valence-electron chi connectivity index (χ3n) is 3.15. The lowest BCUT2D eigenvalue weighted by atomic mass is 10.2. The summed E-state index contributed by atoms with van der Waals surface area (Å²) in [7, 11) is -1.39. The van der Waals surface area contributed by atoms with Crippen LogP contribution in [0.3, 0.4) is 0 Å². The summed E-state index contributed by atoms with van der Waals surface area (Å²) in [6, 6.07) is 0. The molecule has 0 saturated heterocycles. The topological polar surface area (TPSA) is 12.9 Å². The average Bonchev–Trinajstić information content (AvgIpc) is 2.30. The lowest BCUT2D eigenvalue weighted by Gasteiger charge is -2.34. The van der Waals surface area contributed by atoms with Crippen LogP contribution in [0.4, 0.5) is 0 Å². The van der Waals surface area contributed by atoms with Crippen molar-refractivity contribution in [2.24, 2.45) is 0 Å². The van der Waals surface area contributed by atoms with Gasteiger partial charge in [-0.25, -0.2) is 4.98 Å². The first-order chi connectivity index (χ1) is 6.16. The van der Waals surface area contributed by atoms with Gasteiger partial charge in [0.05, 0.1) is 4.63 Å². The van der Waals surface area contributed by atoms with Gasteiger partial charge in [-0.15, -0.1) is 11.3 Å². The van der Waals surface area contributed by atoms with Gasteiger partial charge in [0.25, 0.3) is 0 Å². The van der Waals surface area contributed by atoms with Crippen molar-refractivity contribution < 1.29 is 0 Å². The first-order valence-electron chi connectivity index (χ1n) is 4.79. The molecule has 0 N–H and O–H groups in total. The zero-order valence-electron chi connectivity index (χ0n) is 9.73. The number of halogens is 1. The van der Waals surface area contributed by atoms with Gasteiger partial charge in [0.15, 0.2) is 0 Å². The van der Waals surface area contributed by atoms with Crippen LogP contribution in [0.1, 0.15) is 25.6 Å². The van der Waals surface area contributed by atoms with Crippen molar-refractivity contribution in [1.82, 2.24) is 4.98 Å². The Hall–Kier alpha value is 0.577. The second kappa shape index (κ2) is 3.86. The molecule has 0 saturated carbocycles. The van der Waals surface area contributed by atoms with E-state index in [9.17, 15) is 0 Å². The molecular weight excluding hydrogens is 321 g/mol. The molecule has 0 atom stereocenters. The summed E-state index contributed by atoms with van der Waals surface area (Å²) in [5.74, 6) is 0. The monoisotopic (exact) mass is 339 g/mol. The smallest absolute Gasteiger partial charge is 0.123 e. The summed E-state index contributed by atoms with van der Waals surface area (Å²) in [5, 5.41) is 0.389. The molecule has 0 spiro atoms. The van der Waals surface area contributed by atoms with E-state index < -0.39 is 8.07 Å². The largest absolute Gasteiger partial charge is 0.240 e. The number of hydrogen-bond donors (Lipinski definition) is 0. The normalized spacial score (nSPS) is 13.4. The Labute approximate surface area is 105 Å². The Morgan fingerprint density at radius 2 is 1.79 bits per heavy atom. The standard InChI is InChI=1S/C10H18INSSi/c1-7-8(11)12-9(13-7)14(5,6)10(2,3)4/h1-6H3. The predicted octanol–water partition coefficient (Wildman–Crippen LogP) is 3.77. The molecular formula is C10H18INSSi. The third-order valence-corrected chi connectivity index (χ3v) is 12.1. The van der Waals surface area contributed by atoms with Crippen LogP contribution in [0.5, 0.6) is 0 Å². The molecule has 1 nitrogen and oxygen atoms in total. The maximum absolute atomic E-state index is 4.72. The first-order valence-corrected chi connectivity index (χ1v) is 9.69. The molecule has 4 heteroatoms. The van der Waals surface area contributed by atoms with Crippen LogP contribution >= 0.6 is 33.9 Å². The highest BCUT2D eigenvalue weighted by molar-refractivity contribution is 14.1. The van der Waals surface area contributed by atoms with Crippen molar-refractivity contribution in [3.63, 3.8) is 0 Å². The molecule has 80 valence electrons. The van der Waals surface area contributed by atoms with E-state index in [2.05, 4.69) is 63.4 Å². The second-order valence-corrected chi connectivity index (χ2v) is 13.1. The fourth-order valence-electron chi connectivity index (χ4n) is 0.966. The predicted molar refractivity (Wildman–Crippen MR) is 76.4 cm³/mol. The van der Waals surface area contributed by atoms with Crippen molar-refractivity contribution in [2.45, 2.75) is 45.8 Å². The Morgan fingerprint density at radius 3 is 2.07 bits per heavy atom. The minimum absolute atomic E-state index is 0.389. The summed E-state index contributed by atoms with van der Waals surface area (Å²) < 4.78 is 2.58. The number of nitrogens with zero attached hydrogens (tertiary/aromatic N) is 1. The minimum atomic E-state index is -1.39. The quantitative estimate of drug-likeness (QED) is 0.561. The van der Waals surface area contributed by atoms with E-state index in [1.54, 1.807) is 0 Å². The molecule has 0 amide bonds. The van der Waals surface area contributed by atoms with Crippen LogP contribution < -0.4 is 4.63 Å². The van der Waals surface area contributed by atoms with E-state index in [0.717, 1.165) is 0 Å². The lowest BCUT2D eigenvalue weighted by molar-refractivity contribution is 0.729. The molecule has 0 radical (unpaired) electrons. The summed E-state index contributed by atoms with van der Waals surface area (Å²) >= 11 is 4.23. The van der Waals surface area contributed by atoms with E-state index >= 15 is 0 Å². The van der Waals surface area contributed by atoms with Gasteiger partial charge in [0, 0.05) is 4.88 Å². The van der Waals surface area contributed by atoms with Gasteiger partial charge >= 0.3 is 0 Å². The van der Waals surface area contributed by atoms with Crippen LogP contribution in [-0.2, 0) is 0 Å². The van der Waals surface area contributed by atoms with E-state index in [0.29, 0.717) is 5.04 Å². The van der Waals surface area contributed by atoms with Gasteiger partial charge < -0.3 is 0 Å². The van der Waals surface area contributed by atoms with Crippen LogP contribution in [0.2, 0.25) is 18.1 Å². The van der Waals surface area contributed by atoms with Crippen LogP contribution in [0, 0.1) is 10.6 Å². The van der Waals surface area contributed by atoms with Gasteiger partial charge in [-0.2, -0.15) is 0 Å². The molecule has 0 aromatic carbocycles. The van der Waals surface area contributed by atoms with Gasteiger partial charge in [-0.3, -0.25) is 0 Å². The SMILES string of the molecule is Cc1sc([Si](C)(C)C(C)(C)C)nc1I. The average molecular weight is 339 g/mol. The number of thiazole rings is 1. The molecule has 0 fully saturated rings. The van der Waals surface area contributed by atoms with E-state index in [4.69, 9.17) is 4.98 Å². The summed E-state index contributed by atoms with van der Waals surface area (Å²) in [5.41, 5.74) is 0. The number of hydrogen-bond acceptors (Lipinski definition) is 2. The Kier molecular flexibility index (Phi) is 3.49. The number of aryl methyl sites for hydroxylation is 1. The Balaban J connectivity index is 3.16. The van der Waals surface area contributed by atoms with Crippen molar-refractivity contribution in [3.05, 3.63) is 8.58 Å². The van der Waals surface area contributed by atoms with Gasteiger partial charge in [-0.1, -0.05) is 33.9 Å². The minimum Gasteiger partial charge on any atom is -0.240 e. The van der Waals surface area contributed by atoms with Gasteiger partial charge in [0.1, 0.15) is 11.8 Å². The summed E-state index contributed by atoms with van der Waals surface area (Å²) in [4.78, 5) is 6.08.